The molecule has 17 heavy (non-hydrogen) atoms. The van der Waals surface area contributed by atoms with Crippen LogP contribution in [-0.4, -0.2) is 23.5 Å². The van der Waals surface area contributed by atoms with Gasteiger partial charge in [-0.05, 0) is 26.1 Å². The third-order valence-corrected chi connectivity index (χ3v) is 3.57. The number of rotatable bonds is 4. The molecule has 1 heterocycles. The highest BCUT2D eigenvalue weighted by Crippen LogP contribution is 2.22. The predicted molar refractivity (Wildman–Crippen MR) is 70.7 cm³/mol. The Kier molecular flexibility index (Phi) is 3.72. The van der Waals surface area contributed by atoms with Crippen molar-refractivity contribution in [1.82, 2.24) is 9.88 Å². The molecule has 0 saturated carbocycles. The first-order chi connectivity index (χ1) is 8.19. The Hall–Kier alpha value is -1.44. The van der Waals surface area contributed by atoms with Gasteiger partial charge in [-0.2, -0.15) is 5.26 Å². The fourth-order valence-corrected chi connectivity index (χ4v) is 2.84. The number of para-hydroxylation sites is 1. The van der Waals surface area contributed by atoms with Crippen molar-refractivity contribution in [1.29, 1.82) is 5.26 Å². The van der Waals surface area contributed by atoms with Crippen LogP contribution in [-0.2, 0) is 6.54 Å². The molecule has 0 fully saturated rings. The van der Waals surface area contributed by atoms with E-state index in [0.717, 1.165) is 23.6 Å². The van der Waals surface area contributed by atoms with Crippen molar-refractivity contribution in [2.75, 3.05) is 13.6 Å². The first kappa shape index (κ1) is 12.0. The topological polar surface area (TPSA) is 39.9 Å². The molecule has 1 aromatic heterocycles. The van der Waals surface area contributed by atoms with Gasteiger partial charge >= 0.3 is 0 Å². The zero-order valence-corrected chi connectivity index (χ0v) is 10.9. The lowest BCUT2D eigenvalue weighted by atomic mass is 10.2. The van der Waals surface area contributed by atoms with E-state index in [9.17, 15) is 0 Å². The normalized spacial score (nSPS) is 12.8. The number of benzene rings is 1. The van der Waals surface area contributed by atoms with E-state index in [1.54, 1.807) is 11.3 Å². The molecule has 88 valence electrons. The Morgan fingerprint density at radius 3 is 2.94 bits per heavy atom. The van der Waals surface area contributed by atoms with Crippen molar-refractivity contribution in [2.24, 2.45) is 5.92 Å². The van der Waals surface area contributed by atoms with Crippen LogP contribution in [0, 0.1) is 17.2 Å². The van der Waals surface area contributed by atoms with Crippen molar-refractivity contribution in [3.05, 3.63) is 29.3 Å². The van der Waals surface area contributed by atoms with E-state index in [1.807, 2.05) is 32.2 Å². The molecule has 2 aromatic rings. The number of nitrogens with zero attached hydrogens (tertiary/aromatic N) is 3. The van der Waals surface area contributed by atoms with Crippen LogP contribution < -0.4 is 0 Å². The molecule has 3 nitrogen and oxygen atoms in total. The van der Waals surface area contributed by atoms with Crippen molar-refractivity contribution in [2.45, 2.75) is 13.5 Å². The van der Waals surface area contributed by atoms with Crippen molar-refractivity contribution in [3.8, 4) is 6.07 Å². The van der Waals surface area contributed by atoms with Crippen LogP contribution in [0.3, 0.4) is 0 Å². The van der Waals surface area contributed by atoms with Crippen LogP contribution in [0.5, 0.6) is 0 Å². The first-order valence-corrected chi connectivity index (χ1v) is 6.43. The van der Waals surface area contributed by atoms with Gasteiger partial charge in [-0.3, -0.25) is 4.90 Å². The highest BCUT2D eigenvalue weighted by atomic mass is 32.1. The Bertz CT molecular complexity index is 508. The Balaban J connectivity index is 2.06. The lowest BCUT2D eigenvalue weighted by molar-refractivity contribution is 0.303. The molecule has 0 aliphatic carbocycles. The summed E-state index contributed by atoms with van der Waals surface area (Å²) < 4.78 is 1.23. The number of nitriles is 1. The van der Waals surface area contributed by atoms with E-state index in [2.05, 4.69) is 22.0 Å². The molecular weight excluding hydrogens is 230 g/mol. The minimum atomic E-state index is 0.0642. The second-order valence-corrected chi connectivity index (χ2v) is 5.42. The van der Waals surface area contributed by atoms with Crippen LogP contribution in [0.15, 0.2) is 24.3 Å². The Labute approximate surface area is 105 Å². The summed E-state index contributed by atoms with van der Waals surface area (Å²) in [6.07, 6.45) is 0. The van der Waals surface area contributed by atoms with Gasteiger partial charge in [0.2, 0.25) is 0 Å². The fraction of sp³-hybridized carbons (Fsp3) is 0.385. The van der Waals surface area contributed by atoms with Gasteiger partial charge in [0.25, 0.3) is 0 Å². The molecule has 1 unspecified atom stereocenters. The molecule has 1 aromatic carbocycles. The van der Waals surface area contributed by atoms with Crippen molar-refractivity contribution >= 4 is 21.6 Å². The molecule has 0 spiro atoms. The molecule has 0 bridgehead atoms. The SMILES string of the molecule is CC(C#N)CN(C)Cc1nc2ccccc2s1. The Morgan fingerprint density at radius 1 is 1.47 bits per heavy atom. The van der Waals surface area contributed by atoms with E-state index >= 15 is 0 Å². The average molecular weight is 245 g/mol. The van der Waals surface area contributed by atoms with E-state index in [1.165, 1.54) is 4.70 Å². The van der Waals surface area contributed by atoms with Gasteiger partial charge in [0.15, 0.2) is 0 Å². The maximum atomic E-state index is 8.77. The molecular formula is C13H15N3S. The maximum absolute atomic E-state index is 8.77. The number of aromatic nitrogens is 1. The van der Waals surface area contributed by atoms with Gasteiger partial charge in [-0.15, -0.1) is 11.3 Å². The zero-order valence-electron chi connectivity index (χ0n) is 10.1. The number of hydrogen-bond donors (Lipinski definition) is 0. The molecule has 0 aliphatic rings. The number of hydrogen-bond acceptors (Lipinski definition) is 4. The van der Waals surface area contributed by atoms with Crippen LogP contribution in [0.4, 0.5) is 0 Å². The standard InChI is InChI=1S/C13H15N3S/c1-10(7-14)8-16(2)9-13-15-11-5-3-4-6-12(11)17-13/h3-6,10H,8-9H2,1-2H3. The quantitative estimate of drug-likeness (QED) is 0.831. The smallest absolute Gasteiger partial charge is 0.108 e. The average Bonchev–Trinajstić information content (AvgIpc) is 2.70. The van der Waals surface area contributed by atoms with Gasteiger partial charge in [-0.1, -0.05) is 12.1 Å². The van der Waals surface area contributed by atoms with Gasteiger partial charge in [0.1, 0.15) is 5.01 Å². The van der Waals surface area contributed by atoms with Crippen LogP contribution in [0.2, 0.25) is 0 Å². The van der Waals surface area contributed by atoms with E-state index in [-0.39, 0.29) is 5.92 Å². The molecule has 0 aliphatic heterocycles. The monoisotopic (exact) mass is 245 g/mol. The van der Waals surface area contributed by atoms with Crippen molar-refractivity contribution < 1.29 is 0 Å². The summed E-state index contributed by atoms with van der Waals surface area (Å²) in [5.41, 5.74) is 1.06. The van der Waals surface area contributed by atoms with Gasteiger partial charge in [0.05, 0.1) is 28.7 Å². The van der Waals surface area contributed by atoms with E-state index < -0.39 is 0 Å². The number of thiazole rings is 1. The lowest BCUT2D eigenvalue weighted by Gasteiger charge is -2.15. The molecule has 4 heteroatoms. The highest BCUT2D eigenvalue weighted by Gasteiger charge is 2.09. The fourth-order valence-electron chi connectivity index (χ4n) is 1.79. The number of fused-ring (bicyclic) bond motifs is 1. The van der Waals surface area contributed by atoms with E-state index in [0.29, 0.717) is 0 Å². The third-order valence-electron chi connectivity index (χ3n) is 2.55. The van der Waals surface area contributed by atoms with E-state index in [4.69, 9.17) is 5.26 Å². The summed E-state index contributed by atoms with van der Waals surface area (Å²) in [7, 11) is 2.03. The van der Waals surface area contributed by atoms with Gasteiger partial charge in [-0.25, -0.2) is 4.98 Å². The van der Waals surface area contributed by atoms with Gasteiger partial charge < -0.3 is 0 Å². The highest BCUT2D eigenvalue weighted by molar-refractivity contribution is 7.18. The zero-order chi connectivity index (χ0) is 12.3. The summed E-state index contributed by atoms with van der Waals surface area (Å²) in [6, 6.07) is 10.4. The minimum absolute atomic E-state index is 0.0642. The molecule has 0 amide bonds. The first-order valence-electron chi connectivity index (χ1n) is 5.61. The summed E-state index contributed by atoms with van der Waals surface area (Å²) in [4.78, 5) is 6.72. The maximum Gasteiger partial charge on any atom is 0.108 e. The van der Waals surface area contributed by atoms with Crippen LogP contribution in [0.1, 0.15) is 11.9 Å². The van der Waals surface area contributed by atoms with Crippen LogP contribution >= 0.6 is 11.3 Å². The largest absolute Gasteiger partial charge is 0.298 e. The molecule has 0 radical (unpaired) electrons. The van der Waals surface area contributed by atoms with Crippen LogP contribution in [0.25, 0.3) is 10.2 Å². The second kappa shape index (κ2) is 5.26. The minimum Gasteiger partial charge on any atom is -0.298 e. The summed E-state index contributed by atoms with van der Waals surface area (Å²) in [6.45, 7) is 3.53. The second-order valence-electron chi connectivity index (χ2n) is 4.30. The van der Waals surface area contributed by atoms with Gasteiger partial charge in [0, 0.05) is 6.54 Å². The summed E-state index contributed by atoms with van der Waals surface area (Å²) >= 11 is 1.72. The molecule has 1 atom stereocenters. The molecule has 0 N–H and O–H groups in total. The predicted octanol–water partition coefficient (Wildman–Crippen LogP) is 2.89. The lowest BCUT2D eigenvalue weighted by Crippen LogP contribution is -2.23. The summed E-state index contributed by atoms with van der Waals surface area (Å²) in [5, 5.41) is 9.88. The van der Waals surface area contributed by atoms with Crippen molar-refractivity contribution in [3.63, 3.8) is 0 Å². The molecule has 2 rings (SSSR count). The molecule has 0 saturated heterocycles. The summed E-state index contributed by atoms with van der Waals surface area (Å²) in [5.74, 6) is 0.0642. The third kappa shape index (κ3) is 3.02. The Morgan fingerprint density at radius 2 is 2.24 bits per heavy atom.